The summed E-state index contributed by atoms with van der Waals surface area (Å²) in [5.74, 6) is 0.357. The molecular weight excluding hydrogens is 710 g/mol. The van der Waals surface area contributed by atoms with Crippen LogP contribution in [0.25, 0.3) is 0 Å². The Hall–Kier alpha value is -3.51. The number of nitrogens with one attached hydrogen (secondary N) is 1. The number of halogens is 1. The Labute approximate surface area is 318 Å². The van der Waals surface area contributed by atoms with Crippen molar-refractivity contribution in [2.45, 2.75) is 81.6 Å². The molecule has 1 saturated carbocycles. The molecule has 0 unspecified atom stereocenters. The second kappa shape index (κ2) is 14.3. The van der Waals surface area contributed by atoms with Crippen molar-refractivity contribution >= 4 is 33.2 Å². The van der Waals surface area contributed by atoms with Crippen molar-refractivity contribution in [3.63, 3.8) is 0 Å². The molecule has 0 radical (unpaired) electrons. The number of amides is 1. The van der Waals surface area contributed by atoms with Crippen LogP contribution < -0.4 is 14.4 Å². The maximum Gasteiger partial charge on any atom is 0.264 e. The Morgan fingerprint density at radius 3 is 2.79 bits per heavy atom. The first kappa shape index (κ1) is 36.5. The number of carbonyl (C=O) groups is 1. The fourth-order valence-corrected chi connectivity index (χ4v) is 11.1. The average molecular weight is 760 g/mol. The lowest BCUT2D eigenvalue weighted by atomic mass is 9.63. The van der Waals surface area contributed by atoms with Gasteiger partial charge in [-0.15, -0.1) is 0 Å². The monoisotopic (exact) mass is 759 g/mol. The van der Waals surface area contributed by atoms with Gasteiger partial charge in [-0.3, -0.25) is 9.69 Å². The van der Waals surface area contributed by atoms with Crippen molar-refractivity contribution < 1.29 is 22.7 Å². The lowest BCUT2D eigenvalue weighted by Crippen LogP contribution is -2.57. The molecule has 3 aromatic rings. The molecule has 282 valence electrons. The first-order chi connectivity index (χ1) is 25.5. The first-order valence-electron chi connectivity index (χ1n) is 19.1. The van der Waals surface area contributed by atoms with Crippen molar-refractivity contribution in [3.8, 4) is 5.75 Å². The third-order valence-electron chi connectivity index (χ3n) is 13.0. The maximum atomic E-state index is 13.7. The van der Waals surface area contributed by atoms with Crippen LogP contribution in [0.2, 0.25) is 5.02 Å². The van der Waals surface area contributed by atoms with Gasteiger partial charge in [0.25, 0.3) is 5.91 Å². The highest BCUT2D eigenvalue weighted by atomic mass is 35.5. The summed E-state index contributed by atoms with van der Waals surface area (Å²) in [5, 5.41) is -0.0552. The number of sulfonamides is 1. The van der Waals surface area contributed by atoms with E-state index in [0.717, 1.165) is 80.1 Å². The zero-order chi connectivity index (χ0) is 37.0. The predicted molar refractivity (Wildman–Crippen MR) is 206 cm³/mol. The number of aromatic nitrogens is 2. The minimum Gasteiger partial charge on any atom is -0.490 e. The SMILES string of the molecule is CO[C@@]1(CN2CCc3ncncc3C2)/C=C\C[C@H](C)[C@@H](C)S(=O)(=O)NC(=O)c2ccc3c(c2)N(C[C@@H]2CC[C@H]21)C[C@@]1(CCCc2cc(Cl)ccc21)CO3. The number of methoxy groups -OCH3 is 1. The molecule has 1 aromatic heterocycles. The Morgan fingerprint density at radius 1 is 1.11 bits per heavy atom. The Balaban J connectivity index is 1.20. The van der Waals surface area contributed by atoms with Gasteiger partial charge in [0.15, 0.2) is 0 Å². The molecule has 6 atom stereocenters. The number of hydrogen-bond acceptors (Lipinski definition) is 9. The van der Waals surface area contributed by atoms with E-state index in [1.54, 1.807) is 19.3 Å². The number of allylic oxidation sites excluding steroid dienone is 1. The third-order valence-corrected chi connectivity index (χ3v) is 15.2. The van der Waals surface area contributed by atoms with Gasteiger partial charge in [-0.25, -0.2) is 23.1 Å². The summed E-state index contributed by atoms with van der Waals surface area (Å²) < 4.78 is 43.0. The second-order valence-corrected chi connectivity index (χ2v) is 18.6. The largest absolute Gasteiger partial charge is 0.490 e. The summed E-state index contributed by atoms with van der Waals surface area (Å²) in [6, 6.07) is 11.6. The number of nitrogens with zero attached hydrogens (tertiary/aromatic N) is 4. The van der Waals surface area contributed by atoms with E-state index in [-0.39, 0.29) is 17.3 Å². The molecule has 2 bridgehead atoms. The highest BCUT2D eigenvalue weighted by molar-refractivity contribution is 7.90. The summed E-state index contributed by atoms with van der Waals surface area (Å²) in [6.07, 6.45) is 14.3. The fourth-order valence-electron chi connectivity index (χ4n) is 9.62. The lowest BCUT2D eigenvalue weighted by molar-refractivity contribution is -0.0932. The molecule has 5 aliphatic rings. The molecule has 8 rings (SSSR count). The number of carbonyl (C=O) groups excluding carboxylic acids is 1. The van der Waals surface area contributed by atoms with Crippen molar-refractivity contribution in [2.24, 2.45) is 17.8 Å². The van der Waals surface area contributed by atoms with Crippen LogP contribution in [0.4, 0.5) is 5.69 Å². The van der Waals surface area contributed by atoms with Gasteiger partial charge in [-0.1, -0.05) is 36.7 Å². The number of rotatable bonds is 3. The van der Waals surface area contributed by atoms with Crippen LogP contribution in [0.3, 0.4) is 0 Å². The standard InChI is InChI=1S/C41H50ClN5O5S/c1-27-6-4-16-41(51-3,24-46-17-14-36-32(21-46)20-43-26-44-36)35-11-8-31(35)22-47-23-40(15-5-7-29-18-33(42)10-12-34(29)40)25-52-38-13-9-30(19-37(38)47)39(48)45-53(49,50)28(27)2/h4,9-10,12-13,16,18-20,26-28,31,35H,5-8,11,14-15,17,21-25H2,1-3H3,(H,45,48)/b16-4-/t27-,28+,31-,35+,40-,41+/m0/s1. The number of anilines is 1. The zero-order valence-electron chi connectivity index (χ0n) is 30.9. The fraction of sp³-hybridized carbons (Fsp3) is 0.537. The molecule has 10 nitrogen and oxygen atoms in total. The Bertz CT molecular complexity index is 2030. The highest BCUT2D eigenvalue weighted by Crippen LogP contribution is 2.49. The van der Waals surface area contributed by atoms with Crippen molar-refractivity contribution in [1.82, 2.24) is 19.6 Å². The first-order valence-corrected chi connectivity index (χ1v) is 21.0. The van der Waals surface area contributed by atoms with Crippen LogP contribution in [0.15, 0.2) is 61.1 Å². The van der Waals surface area contributed by atoms with Crippen LogP contribution >= 0.6 is 11.6 Å². The topological polar surface area (TPSA) is 114 Å². The Kier molecular flexibility index (Phi) is 9.83. The minimum atomic E-state index is -3.97. The normalized spacial score (nSPS) is 31.8. The van der Waals surface area contributed by atoms with Gasteiger partial charge in [0.1, 0.15) is 17.7 Å². The number of ether oxygens (including phenoxy) is 2. The van der Waals surface area contributed by atoms with Gasteiger partial charge in [0.2, 0.25) is 10.0 Å². The Morgan fingerprint density at radius 2 is 1.98 bits per heavy atom. The summed E-state index contributed by atoms with van der Waals surface area (Å²) in [5.41, 5.74) is 5.03. The number of benzene rings is 2. The van der Waals surface area contributed by atoms with E-state index in [0.29, 0.717) is 43.3 Å². The van der Waals surface area contributed by atoms with Crippen LogP contribution in [-0.2, 0) is 39.6 Å². The molecule has 2 aliphatic carbocycles. The molecule has 4 heterocycles. The van der Waals surface area contributed by atoms with E-state index in [9.17, 15) is 13.2 Å². The molecule has 1 amide bonds. The lowest BCUT2D eigenvalue weighted by Gasteiger charge is -2.52. The summed E-state index contributed by atoms with van der Waals surface area (Å²) >= 11 is 6.50. The quantitative estimate of drug-likeness (QED) is 0.316. The van der Waals surface area contributed by atoms with Gasteiger partial charge in [0, 0.05) is 79.7 Å². The van der Waals surface area contributed by atoms with Crippen LogP contribution in [0.1, 0.15) is 78.7 Å². The average Bonchev–Trinajstić information content (AvgIpc) is 3.28. The van der Waals surface area contributed by atoms with E-state index >= 15 is 0 Å². The molecule has 1 spiro atoms. The molecule has 53 heavy (non-hydrogen) atoms. The molecule has 1 fully saturated rings. The van der Waals surface area contributed by atoms with Gasteiger partial charge in [-0.05, 0) is 105 Å². The summed E-state index contributed by atoms with van der Waals surface area (Å²) in [6.45, 7) is 7.88. The van der Waals surface area contributed by atoms with Gasteiger partial charge in [-0.2, -0.15) is 0 Å². The van der Waals surface area contributed by atoms with E-state index in [1.165, 1.54) is 11.1 Å². The minimum absolute atomic E-state index is 0.217. The summed E-state index contributed by atoms with van der Waals surface area (Å²) in [7, 11) is -2.15. The number of hydrogen-bond donors (Lipinski definition) is 1. The highest BCUT2D eigenvalue weighted by Gasteiger charge is 2.50. The summed E-state index contributed by atoms with van der Waals surface area (Å²) in [4.78, 5) is 27.4. The van der Waals surface area contributed by atoms with Crippen molar-refractivity contribution in [3.05, 3.63) is 94.0 Å². The van der Waals surface area contributed by atoms with Crippen molar-refractivity contribution in [2.75, 3.05) is 44.8 Å². The van der Waals surface area contributed by atoms with Gasteiger partial charge < -0.3 is 14.4 Å². The van der Waals surface area contributed by atoms with E-state index in [4.69, 9.17) is 21.1 Å². The maximum absolute atomic E-state index is 13.7. The second-order valence-electron chi connectivity index (χ2n) is 16.1. The predicted octanol–water partition coefficient (Wildman–Crippen LogP) is 6.12. The molecule has 0 saturated heterocycles. The number of aryl methyl sites for hydroxylation is 1. The van der Waals surface area contributed by atoms with Crippen LogP contribution in [-0.4, -0.2) is 79.9 Å². The van der Waals surface area contributed by atoms with E-state index in [1.807, 2.05) is 38.4 Å². The zero-order valence-corrected chi connectivity index (χ0v) is 32.5. The third kappa shape index (κ3) is 6.87. The molecular formula is C41H50ClN5O5S. The van der Waals surface area contributed by atoms with Gasteiger partial charge >= 0.3 is 0 Å². The van der Waals surface area contributed by atoms with Gasteiger partial charge in [0.05, 0.1) is 17.5 Å². The van der Waals surface area contributed by atoms with Crippen LogP contribution in [0, 0.1) is 17.8 Å². The van der Waals surface area contributed by atoms with E-state index in [2.05, 4.69) is 48.8 Å². The van der Waals surface area contributed by atoms with Crippen molar-refractivity contribution in [1.29, 1.82) is 0 Å². The smallest absolute Gasteiger partial charge is 0.264 e. The van der Waals surface area contributed by atoms with Crippen LogP contribution in [0.5, 0.6) is 5.75 Å². The molecule has 12 heteroatoms. The molecule has 3 aliphatic heterocycles. The number of fused-ring (bicyclic) bond motifs is 5. The molecule has 1 N–H and O–H groups in total. The molecule has 2 aromatic carbocycles. The van der Waals surface area contributed by atoms with E-state index < -0.39 is 26.8 Å².